The van der Waals surface area contributed by atoms with Gasteiger partial charge in [0, 0.05) is 32.9 Å². The second-order valence-corrected chi connectivity index (χ2v) is 7.33. The number of piperidine rings is 1. The number of pyridine rings is 1. The lowest BCUT2D eigenvalue weighted by Gasteiger charge is -2.35. The Labute approximate surface area is 144 Å². The summed E-state index contributed by atoms with van der Waals surface area (Å²) in [5.74, 6) is 1.27. The minimum atomic E-state index is -0.476. The number of carbonyl (C=O) groups excluding carboxylic acids is 1. The van der Waals surface area contributed by atoms with E-state index in [1.165, 1.54) is 0 Å². The molecule has 1 aromatic rings. The number of hydrogen-bond acceptors (Lipinski definition) is 5. The Morgan fingerprint density at radius 3 is 2.83 bits per heavy atom. The van der Waals surface area contributed by atoms with Crippen molar-refractivity contribution in [1.29, 1.82) is 5.26 Å². The summed E-state index contributed by atoms with van der Waals surface area (Å²) >= 11 is 0. The smallest absolute Gasteiger partial charge is 0.410 e. The first-order valence-corrected chi connectivity index (χ1v) is 8.33. The molecule has 0 bridgehead atoms. The molecule has 1 aromatic heterocycles. The van der Waals surface area contributed by atoms with Gasteiger partial charge in [0.25, 0.3) is 0 Å². The predicted octanol–water partition coefficient (Wildman–Crippen LogP) is 3.04. The van der Waals surface area contributed by atoms with Crippen LogP contribution in [-0.2, 0) is 4.74 Å². The zero-order valence-corrected chi connectivity index (χ0v) is 15.0. The van der Waals surface area contributed by atoms with Gasteiger partial charge in [0.15, 0.2) is 0 Å². The van der Waals surface area contributed by atoms with Crippen LogP contribution in [0.2, 0.25) is 0 Å². The van der Waals surface area contributed by atoms with Gasteiger partial charge in [0.1, 0.15) is 17.5 Å². The highest BCUT2D eigenvalue weighted by Crippen LogP contribution is 2.22. The minimum absolute atomic E-state index is 0.281. The molecule has 0 spiro atoms. The lowest BCUT2D eigenvalue weighted by atomic mass is 9.97. The Bertz CT molecular complexity index is 601. The van der Waals surface area contributed by atoms with Crippen molar-refractivity contribution in [1.82, 2.24) is 9.88 Å². The topological polar surface area (TPSA) is 69.5 Å². The van der Waals surface area contributed by atoms with Crippen molar-refractivity contribution in [3.8, 4) is 6.07 Å². The van der Waals surface area contributed by atoms with Gasteiger partial charge in [-0.3, -0.25) is 0 Å². The van der Waals surface area contributed by atoms with Crippen LogP contribution in [0.5, 0.6) is 0 Å². The van der Waals surface area contributed by atoms with E-state index in [1.807, 2.05) is 26.8 Å². The highest BCUT2D eigenvalue weighted by atomic mass is 16.6. The number of nitrogens with zero attached hydrogens (tertiary/aromatic N) is 4. The quantitative estimate of drug-likeness (QED) is 0.852. The van der Waals surface area contributed by atoms with Gasteiger partial charge in [0.05, 0.1) is 5.56 Å². The summed E-state index contributed by atoms with van der Waals surface area (Å²) in [4.78, 5) is 20.3. The van der Waals surface area contributed by atoms with Crippen LogP contribution in [0.1, 0.15) is 39.2 Å². The van der Waals surface area contributed by atoms with Crippen molar-refractivity contribution in [3.63, 3.8) is 0 Å². The number of aromatic nitrogens is 1. The molecule has 1 amide bonds. The molecular formula is C18H26N4O2. The second kappa shape index (κ2) is 7.52. The number of ether oxygens (including phenoxy) is 1. The monoisotopic (exact) mass is 330 g/mol. The van der Waals surface area contributed by atoms with Crippen LogP contribution >= 0.6 is 0 Å². The van der Waals surface area contributed by atoms with E-state index in [1.54, 1.807) is 24.2 Å². The Morgan fingerprint density at radius 1 is 1.50 bits per heavy atom. The number of anilines is 1. The lowest BCUT2D eigenvalue weighted by Crippen LogP contribution is -2.43. The van der Waals surface area contributed by atoms with Gasteiger partial charge in [-0.15, -0.1) is 0 Å². The molecule has 24 heavy (non-hydrogen) atoms. The van der Waals surface area contributed by atoms with E-state index in [9.17, 15) is 4.79 Å². The summed E-state index contributed by atoms with van der Waals surface area (Å²) < 4.78 is 5.41. The van der Waals surface area contributed by atoms with E-state index in [2.05, 4.69) is 16.0 Å². The Hall–Kier alpha value is -2.29. The molecule has 0 unspecified atom stereocenters. The number of rotatable bonds is 3. The van der Waals surface area contributed by atoms with E-state index >= 15 is 0 Å². The summed E-state index contributed by atoms with van der Waals surface area (Å²) in [6, 6.07) is 5.76. The summed E-state index contributed by atoms with van der Waals surface area (Å²) in [7, 11) is 1.78. The molecule has 0 saturated carbocycles. The summed E-state index contributed by atoms with van der Waals surface area (Å²) in [5, 5.41) is 8.86. The third-order valence-electron chi connectivity index (χ3n) is 3.96. The third-order valence-corrected chi connectivity index (χ3v) is 3.96. The Balaban J connectivity index is 1.92. The maximum Gasteiger partial charge on any atom is 0.410 e. The van der Waals surface area contributed by atoms with Crippen molar-refractivity contribution >= 4 is 11.9 Å². The largest absolute Gasteiger partial charge is 0.444 e. The SMILES string of the molecule is CN(C[C@@H]1CCCN(c2ccc(C#N)cn2)C1)C(=O)OC(C)(C)C. The average Bonchev–Trinajstić information content (AvgIpc) is 2.53. The highest BCUT2D eigenvalue weighted by Gasteiger charge is 2.25. The molecule has 1 atom stereocenters. The van der Waals surface area contributed by atoms with Gasteiger partial charge < -0.3 is 14.5 Å². The fraction of sp³-hybridized carbons (Fsp3) is 0.611. The van der Waals surface area contributed by atoms with Crippen LogP contribution < -0.4 is 4.90 Å². The number of nitriles is 1. The van der Waals surface area contributed by atoms with Crippen LogP contribution in [0.25, 0.3) is 0 Å². The van der Waals surface area contributed by atoms with Crippen LogP contribution in [0, 0.1) is 17.2 Å². The van der Waals surface area contributed by atoms with Crippen LogP contribution in [0.3, 0.4) is 0 Å². The molecule has 130 valence electrons. The van der Waals surface area contributed by atoms with Crippen molar-refractivity contribution in [2.45, 2.75) is 39.2 Å². The number of hydrogen-bond donors (Lipinski definition) is 0. The van der Waals surface area contributed by atoms with Crippen LogP contribution in [-0.4, -0.2) is 48.3 Å². The molecule has 1 aliphatic heterocycles. The van der Waals surface area contributed by atoms with Gasteiger partial charge >= 0.3 is 6.09 Å². The molecule has 6 heteroatoms. The standard InChI is InChI=1S/C18H26N4O2/c1-18(2,3)24-17(23)21(4)12-15-6-5-9-22(13-15)16-8-7-14(10-19)11-20-16/h7-8,11,15H,5-6,9,12-13H2,1-4H3/t15-/m0/s1. The first kappa shape index (κ1) is 18.1. The molecule has 2 rings (SSSR count). The Kier molecular flexibility index (Phi) is 5.66. The second-order valence-electron chi connectivity index (χ2n) is 7.33. The van der Waals surface area contributed by atoms with Gasteiger partial charge in [-0.1, -0.05) is 0 Å². The van der Waals surface area contributed by atoms with Gasteiger partial charge in [0.2, 0.25) is 0 Å². The van der Waals surface area contributed by atoms with Gasteiger partial charge in [-0.25, -0.2) is 9.78 Å². The molecule has 1 aliphatic rings. The van der Waals surface area contributed by atoms with Crippen molar-refractivity contribution in [3.05, 3.63) is 23.9 Å². The van der Waals surface area contributed by atoms with E-state index in [-0.39, 0.29) is 6.09 Å². The van der Waals surface area contributed by atoms with Crippen LogP contribution in [0.15, 0.2) is 18.3 Å². The van der Waals surface area contributed by atoms with E-state index < -0.39 is 5.60 Å². The third kappa shape index (κ3) is 5.12. The van der Waals surface area contributed by atoms with Gasteiger partial charge in [-0.2, -0.15) is 5.26 Å². The van der Waals surface area contributed by atoms with E-state index in [0.717, 1.165) is 31.7 Å². The summed E-state index contributed by atoms with van der Waals surface area (Å²) in [6.45, 7) is 8.09. The zero-order valence-electron chi connectivity index (χ0n) is 15.0. The molecule has 2 heterocycles. The lowest BCUT2D eigenvalue weighted by molar-refractivity contribution is 0.0269. The zero-order chi connectivity index (χ0) is 17.7. The molecule has 1 saturated heterocycles. The average molecular weight is 330 g/mol. The first-order chi connectivity index (χ1) is 11.3. The van der Waals surface area contributed by atoms with Crippen molar-refractivity contribution in [2.24, 2.45) is 5.92 Å². The maximum atomic E-state index is 12.1. The molecule has 0 aliphatic carbocycles. The van der Waals surface area contributed by atoms with Gasteiger partial charge in [-0.05, 0) is 51.7 Å². The fourth-order valence-corrected chi connectivity index (χ4v) is 2.86. The summed E-state index contributed by atoms with van der Waals surface area (Å²) in [5.41, 5.74) is 0.0908. The molecule has 6 nitrogen and oxygen atoms in total. The molecular weight excluding hydrogens is 304 g/mol. The first-order valence-electron chi connectivity index (χ1n) is 8.33. The molecule has 0 radical (unpaired) electrons. The fourth-order valence-electron chi connectivity index (χ4n) is 2.86. The van der Waals surface area contributed by atoms with E-state index in [0.29, 0.717) is 18.0 Å². The predicted molar refractivity (Wildman–Crippen MR) is 92.8 cm³/mol. The molecule has 1 fully saturated rings. The Morgan fingerprint density at radius 2 is 2.25 bits per heavy atom. The summed E-state index contributed by atoms with van der Waals surface area (Å²) in [6.07, 6.45) is 3.47. The number of carbonyl (C=O) groups is 1. The maximum absolute atomic E-state index is 12.1. The number of amides is 1. The highest BCUT2D eigenvalue weighted by molar-refractivity contribution is 5.67. The van der Waals surface area contributed by atoms with Crippen LogP contribution in [0.4, 0.5) is 10.6 Å². The van der Waals surface area contributed by atoms with Crippen molar-refractivity contribution < 1.29 is 9.53 Å². The van der Waals surface area contributed by atoms with E-state index in [4.69, 9.17) is 10.00 Å². The molecule has 0 N–H and O–H groups in total. The minimum Gasteiger partial charge on any atom is -0.444 e. The molecule has 0 aromatic carbocycles. The normalized spacial score (nSPS) is 18.0. The van der Waals surface area contributed by atoms with Crippen molar-refractivity contribution in [2.75, 3.05) is 31.6 Å².